The van der Waals surface area contributed by atoms with Crippen LogP contribution in [0.3, 0.4) is 0 Å². The van der Waals surface area contributed by atoms with E-state index in [9.17, 15) is 23.3 Å². The van der Waals surface area contributed by atoms with Gasteiger partial charge in [0.05, 0.1) is 15.7 Å². The van der Waals surface area contributed by atoms with E-state index < -0.39 is 20.9 Å². The predicted molar refractivity (Wildman–Crippen MR) is 91.4 cm³/mol. The highest BCUT2D eigenvalue weighted by Gasteiger charge is 2.33. The third kappa shape index (κ3) is 4.33. The SMILES string of the molecule is Cc1cc(S(=O)(=O)N2CCCC(C(=O)NCCN)C2)ccc1[N+](=O)[O-]. The van der Waals surface area contributed by atoms with Crippen LogP contribution in [0.1, 0.15) is 18.4 Å². The number of benzene rings is 1. The van der Waals surface area contributed by atoms with E-state index in [1.165, 1.54) is 29.4 Å². The fourth-order valence-corrected chi connectivity index (χ4v) is 4.47. The van der Waals surface area contributed by atoms with Gasteiger partial charge >= 0.3 is 0 Å². The predicted octanol–water partition coefficient (Wildman–Crippen LogP) is 0.379. The molecule has 0 aromatic heterocycles. The molecule has 1 aromatic carbocycles. The van der Waals surface area contributed by atoms with Crippen molar-refractivity contribution in [1.29, 1.82) is 0 Å². The lowest BCUT2D eigenvalue weighted by molar-refractivity contribution is -0.385. The van der Waals surface area contributed by atoms with Crippen molar-refractivity contribution in [3.8, 4) is 0 Å². The number of aryl methyl sites for hydroxylation is 1. The van der Waals surface area contributed by atoms with Gasteiger partial charge in [0, 0.05) is 37.8 Å². The lowest BCUT2D eigenvalue weighted by Gasteiger charge is -2.31. The Bertz CT molecular complexity index is 765. The van der Waals surface area contributed by atoms with Crippen molar-refractivity contribution in [2.75, 3.05) is 26.2 Å². The first-order valence-corrected chi connectivity index (χ1v) is 9.44. The maximum Gasteiger partial charge on any atom is 0.272 e. The van der Waals surface area contributed by atoms with Gasteiger partial charge in [-0.2, -0.15) is 4.31 Å². The molecule has 1 fully saturated rings. The van der Waals surface area contributed by atoms with E-state index in [1.54, 1.807) is 0 Å². The summed E-state index contributed by atoms with van der Waals surface area (Å²) in [7, 11) is -3.81. The Kier molecular flexibility index (Phi) is 6.09. The number of hydrogen-bond donors (Lipinski definition) is 2. The van der Waals surface area contributed by atoms with Gasteiger partial charge in [-0.25, -0.2) is 8.42 Å². The van der Waals surface area contributed by atoms with Crippen LogP contribution in [-0.4, -0.2) is 49.7 Å². The number of nitrogens with two attached hydrogens (primary N) is 1. The number of nitro benzene ring substituents is 1. The highest BCUT2D eigenvalue weighted by atomic mass is 32.2. The third-order valence-corrected chi connectivity index (χ3v) is 6.06. The number of nitrogens with one attached hydrogen (secondary N) is 1. The summed E-state index contributed by atoms with van der Waals surface area (Å²) in [5, 5.41) is 13.6. The van der Waals surface area contributed by atoms with E-state index in [-0.39, 0.29) is 28.6 Å². The number of hydrogen-bond acceptors (Lipinski definition) is 6. The minimum atomic E-state index is -3.81. The molecule has 1 aromatic rings. The van der Waals surface area contributed by atoms with Gasteiger partial charge < -0.3 is 11.1 Å². The van der Waals surface area contributed by atoms with Crippen molar-refractivity contribution < 1.29 is 18.1 Å². The van der Waals surface area contributed by atoms with Crippen LogP contribution in [0.2, 0.25) is 0 Å². The maximum atomic E-state index is 12.8. The zero-order valence-electron chi connectivity index (χ0n) is 14.0. The standard InChI is InChI=1S/C15H22N4O5S/c1-11-9-13(4-5-14(11)19(21)22)25(23,24)18-8-2-3-12(10-18)15(20)17-7-6-16/h4-5,9,12H,2-3,6-8,10,16H2,1H3,(H,17,20). The Labute approximate surface area is 146 Å². The summed E-state index contributed by atoms with van der Waals surface area (Å²) in [6, 6.07) is 3.72. The molecule has 25 heavy (non-hydrogen) atoms. The molecule has 1 amide bonds. The maximum absolute atomic E-state index is 12.8. The lowest BCUT2D eigenvalue weighted by Crippen LogP contribution is -2.46. The van der Waals surface area contributed by atoms with Crippen LogP contribution in [0.15, 0.2) is 23.1 Å². The highest BCUT2D eigenvalue weighted by Crippen LogP contribution is 2.27. The molecule has 1 heterocycles. The van der Waals surface area contributed by atoms with Crippen LogP contribution >= 0.6 is 0 Å². The number of piperidine rings is 1. The smallest absolute Gasteiger partial charge is 0.272 e. The molecule has 0 spiro atoms. The van der Waals surface area contributed by atoms with Gasteiger partial charge in [-0.05, 0) is 31.9 Å². The van der Waals surface area contributed by atoms with Crippen LogP contribution in [0, 0.1) is 23.0 Å². The molecular formula is C15H22N4O5S. The van der Waals surface area contributed by atoms with Gasteiger partial charge in [-0.3, -0.25) is 14.9 Å². The lowest BCUT2D eigenvalue weighted by atomic mass is 9.99. The summed E-state index contributed by atoms with van der Waals surface area (Å²) < 4.78 is 26.9. The van der Waals surface area contributed by atoms with E-state index in [0.29, 0.717) is 32.5 Å². The number of nitrogens with zero attached hydrogens (tertiary/aromatic N) is 2. The molecule has 1 atom stereocenters. The fraction of sp³-hybridized carbons (Fsp3) is 0.533. The van der Waals surface area contributed by atoms with Gasteiger partial charge in [-0.15, -0.1) is 0 Å². The molecular weight excluding hydrogens is 348 g/mol. The summed E-state index contributed by atoms with van der Waals surface area (Å²) in [5.41, 5.74) is 5.51. The number of carbonyl (C=O) groups excluding carboxylic acids is 1. The van der Waals surface area contributed by atoms with Crippen LogP contribution in [0.25, 0.3) is 0 Å². The second-order valence-corrected chi connectivity index (χ2v) is 7.93. The second-order valence-electron chi connectivity index (χ2n) is 5.99. The Morgan fingerprint density at radius 1 is 1.48 bits per heavy atom. The first-order valence-electron chi connectivity index (χ1n) is 8.00. The van der Waals surface area contributed by atoms with Crippen LogP contribution in [0.4, 0.5) is 5.69 Å². The Hall–Kier alpha value is -2.04. The van der Waals surface area contributed by atoms with Crippen LogP contribution < -0.4 is 11.1 Å². The molecule has 1 aliphatic rings. The van der Waals surface area contributed by atoms with Crippen LogP contribution in [-0.2, 0) is 14.8 Å². The van der Waals surface area contributed by atoms with E-state index in [2.05, 4.69) is 5.32 Å². The third-order valence-electron chi connectivity index (χ3n) is 4.20. The summed E-state index contributed by atoms with van der Waals surface area (Å²) in [6.45, 7) is 2.58. The summed E-state index contributed by atoms with van der Waals surface area (Å²) in [4.78, 5) is 22.4. The molecule has 3 N–H and O–H groups in total. The van der Waals surface area contributed by atoms with E-state index >= 15 is 0 Å². The Balaban J connectivity index is 2.20. The quantitative estimate of drug-likeness (QED) is 0.549. The second kappa shape index (κ2) is 7.89. The summed E-state index contributed by atoms with van der Waals surface area (Å²) in [6.07, 6.45) is 1.19. The molecule has 138 valence electrons. The Morgan fingerprint density at radius 2 is 2.20 bits per heavy atom. The van der Waals surface area contributed by atoms with Gasteiger partial charge in [0.25, 0.3) is 5.69 Å². The minimum absolute atomic E-state index is 0.00128. The monoisotopic (exact) mass is 370 g/mol. The molecule has 1 aliphatic heterocycles. The molecule has 1 saturated heterocycles. The topological polar surface area (TPSA) is 136 Å². The first-order chi connectivity index (χ1) is 11.8. The molecule has 0 radical (unpaired) electrons. The average molecular weight is 370 g/mol. The average Bonchev–Trinajstić information content (AvgIpc) is 2.59. The van der Waals surface area contributed by atoms with Crippen molar-refractivity contribution in [2.24, 2.45) is 11.7 Å². The van der Waals surface area contributed by atoms with Crippen molar-refractivity contribution in [3.05, 3.63) is 33.9 Å². The zero-order valence-corrected chi connectivity index (χ0v) is 14.8. The van der Waals surface area contributed by atoms with E-state index in [1.807, 2.05) is 0 Å². The minimum Gasteiger partial charge on any atom is -0.355 e. The van der Waals surface area contributed by atoms with Gasteiger partial charge in [0.1, 0.15) is 0 Å². The van der Waals surface area contributed by atoms with E-state index in [0.717, 1.165) is 0 Å². The molecule has 9 nitrogen and oxygen atoms in total. The molecule has 10 heteroatoms. The number of rotatable bonds is 6. The first kappa shape index (κ1) is 19.3. The number of amides is 1. The van der Waals surface area contributed by atoms with Crippen molar-refractivity contribution in [3.63, 3.8) is 0 Å². The van der Waals surface area contributed by atoms with E-state index in [4.69, 9.17) is 5.73 Å². The van der Waals surface area contributed by atoms with Gasteiger partial charge in [0.15, 0.2) is 0 Å². The Morgan fingerprint density at radius 3 is 2.80 bits per heavy atom. The van der Waals surface area contributed by atoms with Crippen molar-refractivity contribution in [2.45, 2.75) is 24.7 Å². The molecule has 0 bridgehead atoms. The molecule has 2 rings (SSSR count). The van der Waals surface area contributed by atoms with Crippen molar-refractivity contribution in [1.82, 2.24) is 9.62 Å². The molecule has 1 unspecified atom stereocenters. The van der Waals surface area contributed by atoms with Crippen LogP contribution in [0.5, 0.6) is 0 Å². The molecule has 0 saturated carbocycles. The number of sulfonamides is 1. The zero-order chi connectivity index (χ0) is 18.6. The fourth-order valence-electron chi connectivity index (χ4n) is 2.86. The largest absolute Gasteiger partial charge is 0.355 e. The summed E-state index contributed by atoms with van der Waals surface area (Å²) in [5.74, 6) is -0.626. The van der Waals surface area contributed by atoms with Gasteiger partial charge in [-0.1, -0.05) is 0 Å². The van der Waals surface area contributed by atoms with Gasteiger partial charge in [0.2, 0.25) is 15.9 Å². The summed E-state index contributed by atoms with van der Waals surface area (Å²) >= 11 is 0. The number of nitro groups is 1. The highest BCUT2D eigenvalue weighted by molar-refractivity contribution is 7.89. The number of carbonyl (C=O) groups is 1. The van der Waals surface area contributed by atoms with Crippen molar-refractivity contribution >= 4 is 21.6 Å². The normalized spacial score (nSPS) is 18.7. The molecule has 0 aliphatic carbocycles.